The van der Waals surface area contributed by atoms with Crippen molar-refractivity contribution in [3.63, 3.8) is 0 Å². The van der Waals surface area contributed by atoms with Gasteiger partial charge in [-0.25, -0.2) is 23.8 Å². The van der Waals surface area contributed by atoms with E-state index < -0.39 is 18.3 Å². The first-order valence-corrected chi connectivity index (χ1v) is 15.6. The summed E-state index contributed by atoms with van der Waals surface area (Å²) < 4.78 is 23.6. The van der Waals surface area contributed by atoms with Crippen molar-refractivity contribution in [2.45, 2.75) is 38.5 Å². The Hall–Kier alpha value is -4.29. The minimum atomic E-state index is -1.12. The highest BCUT2D eigenvalue weighted by Gasteiger charge is 2.45. The predicted molar refractivity (Wildman–Crippen MR) is 169 cm³/mol. The number of benzene rings is 2. The molecule has 12 heteroatoms. The second-order valence-electron chi connectivity index (χ2n) is 13.3. The highest BCUT2D eigenvalue weighted by Crippen LogP contribution is 2.39. The molecule has 3 saturated heterocycles. The molecule has 3 aliphatic rings. The Kier molecular flexibility index (Phi) is 7.57. The van der Waals surface area contributed by atoms with Crippen molar-refractivity contribution in [2.75, 3.05) is 51.5 Å². The van der Waals surface area contributed by atoms with Crippen LogP contribution in [0.1, 0.15) is 26.3 Å². The molecule has 1 amide bonds. The summed E-state index contributed by atoms with van der Waals surface area (Å²) in [6.07, 6.45) is 0.0653. The smallest absolute Gasteiger partial charge is 0.407 e. The Morgan fingerprint density at radius 1 is 1.02 bits per heavy atom. The molecule has 0 spiro atoms. The van der Waals surface area contributed by atoms with Gasteiger partial charge in [0.2, 0.25) is 0 Å². The van der Waals surface area contributed by atoms with E-state index in [0.29, 0.717) is 66.3 Å². The van der Waals surface area contributed by atoms with E-state index in [1.54, 1.807) is 4.68 Å². The fraction of sp³-hybridized carbons (Fsp3) is 0.455. The summed E-state index contributed by atoms with van der Waals surface area (Å²) in [4.78, 5) is 26.0. The molecule has 236 valence electrons. The number of piperidine rings is 1. The van der Waals surface area contributed by atoms with Gasteiger partial charge in [0.1, 0.15) is 35.5 Å². The number of nitrogens with two attached hydrogens (primary N) is 1. The van der Waals surface area contributed by atoms with Gasteiger partial charge in [0.05, 0.1) is 11.4 Å². The lowest BCUT2D eigenvalue weighted by atomic mass is 9.73. The summed E-state index contributed by atoms with van der Waals surface area (Å²) in [6, 6.07) is 17.0. The van der Waals surface area contributed by atoms with Crippen LogP contribution in [0, 0.1) is 11.3 Å². The van der Waals surface area contributed by atoms with Crippen LogP contribution in [0.4, 0.5) is 15.0 Å². The largest absolute Gasteiger partial charge is 0.465 e. The van der Waals surface area contributed by atoms with Gasteiger partial charge in [-0.15, -0.1) is 0 Å². The number of hydrogen-bond donors (Lipinski definition) is 2. The number of nitrogen functional groups attached to an aromatic ring is 1. The summed E-state index contributed by atoms with van der Waals surface area (Å²) in [5.74, 6) is 2.12. The van der Waals surface area contributed by atoms with Crippen molar-refractivity contribution < 1.29 is 19.0 Å². The van der Waals surface area contributed by atoms with Gasteiger partial charge in [-0.3, -0.25) is 9.80 Å². The topological polar surface area (TPSA) is 126 Å². The van der Waals surface area contributed by atoms with E-state index in [2.05, 4.69) is 33.6 Å². The van der Waals surface area contributed by atoms with Gasteiger partial charge in [0.15, 0.2) is 5.65 Å². The number of amides is 1. The first-order chi connectivity index (χ1) is 21.7. The number of para-hydroxylation sites is 1. The molecule has 45 heavy (non-hydrogen) atoms. The van der Waals surface area contributed by atoms with E-state index in [9.17, 15) is 9.90 Å². The lowest BCUT2D eigenvalue weighted by Crippen LogP contribution is -2.65. The fourth-order valence-electron chi connectivity index (χ4n) is 6.99. The maximum absolute atomic E-state index is 16.0. The third-order valence-corrected chi connectivity index (χ3v) is 9.82. The average molecular weight is 615 g/mol. The number of anilines is 1. The molecule has 2 aromatic carbocycles. The maximum Gasteiger partial charge on any atom is 0.407 e. The molecule has 0 saturated carbocycles. The fourth-order valence-corrected chi connectivity index (χ4v) is 6.99. The molecular formula is C33H39FN8O3. The number of carbonyl (C=O) groups is 1. The molecule has 0 unspecified atom stereocenters. The third kappa shape index (κ3) is 5.68. The Balaban J connectivity index is 1.01. The van der Waals surface area contributed by atoms with Crippen LogP contribution in [0.2, 0.25) is 0 Å². The first-order valence-electron chi connectivity index (χ1n) is 15.6. The number of carboxylic acid groups (broad SMARTS) is 1. The van der Waals surface area contributed by atoms with E-state index in [0.717, 1.165) is 37.5 Å². The zero-order chi connectivity index (χ0) is 31.3. The van der Waals surface area contributed by atoms with Gasteiger partial charge in [-0.2, -0.15) is 5.10 Å². The number of hydrogen-bond acceptors (Lipinski definition) is 8. The molecule has 3 N–H and O–H groups in total. The van der Waals surface area contributed by atoms with E-state index >= 15 is 4.39 Å². The monoisotopic (exact) mass is 614 g/mol. The third-order valence-electron chi connectivity index (χ3n) is 9.82. The van der Waals surface area contributed by atoms with Gasteiger partial charge in [-0.1, -0.05) is 32.0 Å². The summed E-state index contributed by atoms with van der Waals surface area (Å²) in [7, 11) is 0. The van der Waals surface area contributed by atoms with Gasteiger partial charge in [0, 0.05) is 63.3 Å². The lowest BCUT2D eigenvalue weighted by molar-refractivity contribution is -0.0486. The molecular weight excluding hydrogens is 575 g/mol. The maximum atomic E-state index is 16.0. The molecule has 11 nitrogen and oxygen atoms in total. The number of likely N-dealkylation sites (tertiary alicyclic amines) is 3. The van der Waals surface area contributed by atoms with Crippen LogP contribution in [-0.4, -0.2) is 104 Å². The van der Waals surface area contributed by atoms with Gasteiger partial charge in [0.25, 0.3) is 0 Å². The summed E-state index contributed by atoms with van der Waals surface area (Å²) in [6.45, 7) is 9.48. The standard InChI is InChI=1S/C33H39FN8O3/c1-33(2,22-14-41(15-22)32(43)44)19-39-16-23(17-39)40-13-12-27(26(34)18-40)42-31-28(30(35)36-20-37-31)29(38-42)21-8-10-25(11-9-21)45-24-6-4-3-5-7-24/h3-11,20,22-23,26-27H,12-19H2,1-2H3,(H,43,44)(H2,35,36,37)/t26-,27-/m0/s1. The quantitative estimate of drug-likeness (QED) is 0.289. The van der Waals surface area contributed by atoms with E-state index in [-0.39, 0.29) is 5.41 Å². The summed E-state index contributed by atoms with van der Waals surface area (Å²) in [5, 5.41) is 14.7. The normalized spacial score (nSPS) is 21.9. The van der Waals surface area contributed by atoms with Gasteiger partial charge in [-0.05, 0) is 48.2 Å². The molecule has 2 atom stereocenters. The Bertz CT molecular complexity index is 1670. The molecule has 0 bridgehead atoms. The van der Waals surface area contributed by atoms with Crippen molar-refractivity contribution in [1.29, 1.82) is 0 Å². The number of aromatic nitrogens is 4. The van der Waals surface area contributed by atoms with Crippen LogP contribution >= 0.6 is 0 Å². The zero-order valence-corrected chi connectivity index (χ0v) is 25.6. The minimum Gasteiger partial charge on any atom is -0.465 e. The number of fused-ring (bicyclic) bond motifs is 1. The average Bonchev–Trinajstić information content (AvgIpc) is 3.35. The van der Waals surface area contributed by atoms with Crippen molar-refractivity contribution in [3.8, 4) is 22.8 Å². The number of halogens is 1. The van der Waals surface area contributed by atoms with E-state index in [4.69, 9.17) is 15.6 Å². The molecule has 2 aromatic heterocycles. The minimum absolute atomic E-state index is 0.0321. The number of alkyl halides is 1. The second kappa shape index (κ2) is 11.6. The van der Waals surface area contributed by atoms with Gasteiger partial charge >= 0.3 is 6.09 Å². The van der Waals surface area contributed by atoms with Crippen LogP contribution in [-0.2, 0) is 0 Å². The van der Waals surface area contributed by atoms with Crippen LogP contribution in [0.3, 0.4) is 0 Å². The highest BCUT2D eigenvalue weighted by molar-refractivity contribution is 5.98. The number of ether oxygens (including phenoxy) is 1. The van der Waals surface area contributed by atoms with Crippen molar-refractivity contribution in [1.82, 2.24) is 34.4 Å². The second-order valence-corrected chi connectivity index (χ2v) is 13.3. The molecule has 4 aromatic rings. The van der Waals surface area contributed by atoms with E-state index in [1.807, 2.05) is 54.6 Å². The Morgan fingerprint density at radius 3 is 2.42 bits per heavy atom. The molecule has 0 radical (unpaired) electrons. The molecule has 0 aliphatic carbocycles. The first kappa shape index (κ1) is 29.4. The highest BCUT2D eigenvalue weighted by atomic mass is 19.1. The van der Waals surface area contributed by atoms with Crippen molar-refractivity contribution in [3.05, 3.63) is 60.9 Å². The van der Waals surface area contributed by atoms with Crippen molar-refractivity contribution >= 4 is 22.9 Å². The van der Waals surface area contributed by atoms with Crippen LogP contribution in [0.5, 0.6) is 11.5 Å². The number of nitrogens with zero attached hydrogens (tertiary/aromatic N) is 7. The van der Waals surface area contributed by atoms with Gasteiger partial charge < -0.3 is 20.5 Å². The van der Waals surface area contributed by atoms with Crippen LogP contribution < -0.4 is 10.5 Å². The Labute approximate surface area is 261 Å². The zero-order valence-electron chi connectivity index (χ0n) is 25.6. The molecule has 3 aliphatic heterocycles. The summed E-state index contributed by atoms with van der Waals surface area (Å²) >= 11 is 0. The van der Waals surface area contributed by atoms with Crippen LogP contribution in [0.25, 0.3) is 22.3 Å². The van der Waals surface area contributed by atoms with E-state index in [1.165, 1.54) is 11.2 Å². The van der Waals surface area contributed by atoms with Crippen molar-refractivity contribution in [2.24, 2.45) is 11.3 Å². The molecule has 3 fully saturated rings. The molecule has 5 heterocycles. The SMILES string of the molecule is CC(C)(CN1CC(N2CC[C@H](n3nc(-c4ccc(Oc5ccccc5)cc4)c4c(N)ncnc43)[C@@H](F)C2)C1)C1CN(C(=O)O)C1. The predicted octanol–water partition coefficient (Wildman–Crippen LogP) is 4.77. The number of rotatable bonds is 8. The molecule has 7 rings (SSSR count). The Morgan fingerprint density at radius 2 is 1.73 bits per heavy atom. The van der Waals surface area contributed by atoms with Crippen LogP contribution in [0.15, 0.2) is 60.9 Å². The lowest BCUT2D eigenvalue weighted by Gasteiger charge is -2.53. The summed E-state index contributed by atoms with van der Waals surface area (Å²) in [5.41, 5.74) is 8.35.